The Morgan fingerprint density at radius 1 is 1.53 bits per heavy atom. The zero-order valence-electron chi connectivity index (χ0n) is 9.16. The molecule has 0 spiro atoms. The summed E-state index contributed by atoms with van der Waals surface area (Å²) in [6.45, 7) is 4.11. The van der Waals surface area contributed by atoms with Crippen molar-refractivity contribution < 1.29 is 9.84 Å². The molecular weight excluding hydrogens is 190 g/mol. The summed E-state index contributed by atoms with van der Waals surface area (Å²) < 4.78 is 5.76. The zero-order chi connectivity index (χ0) is 11.1. The van der Waals surface area contributed by atoms with Crippen LogP contribution >= 0.6 is 0 Å². The predicted octanol–water partition coefficient (Wildman–Crippen LogP) is 1.39. The maximum atomic E-state index is 8.98. The van der Waals surface area contributed by atoms with Crippen LogP contribution in [0, 0.1) is 0 Å². The van der Waals surface area contributed by atoms with Gasteiger partial charge in [0.1, 0.15) is 11.4 Å². The van der Waals surface area contributed by atoms with Gasteiger partial charge in [0, 0.05) is 6.42 Å². The summed E-state index contributed by atoms with van der Waals surface area (Å²) in [4.78, 5) is 0. The lowest BCUT2D eigenvalue weighted by Gasteiger charge is -2.16. The highest BCUT2D eigenvalue weighted by Crippen LogP contribution is 2.35. The largest absolute Gasteiger partial charge is 0.487 e. The molecule has 1 aromatic rings. The van der Waals surface area contributed by atoms with E-state index in [0.29, 0.717) is 0 Å². The van der Waals surface area contributed by atoms with Gasteiger partial charge in [0.25, 0.3) is 0 Å². The minimum Gasteiger partial charge on any atom is -0.487 e. The average molecular weight is 207 g/mol. The summed E-state index contributed by atoms with van der Waals surface area (Å²) in [6, 6.07) is 5.60. The van der Waals surface area contributed by atoms with E-state index < -0.39 is 0 Å². The van der Waals surface area contributed by atoms with Crippen molar-refractivity contribution >= 4 is 0 Å². The number of aliphatic hydroxyl groups excluding tert-OH is 1. The van der Waals surface area contributed by atoms with Crippen LogP contribution in [0.1, 0.15) is 31.0 Å². The van der Waals surface area contributed by atoms with Gasteiger partial charge >= 0.3 is 0 Å². The molecule has 0 aromatic heterocycles. The zero-order valence-corrected chi connectivity index (χ0v) is 9.16. The molecule has 15 heavy (non-hydrogen) atoms. The molecule has 3 N–H and O–H groups in total. The number of nitrogens with two attached hydrogens (primary N) is 1. The van der Waals surface area contributed by atoms with Crippen LogP contribution in [0.5, 0.6) is 5.75 Å². The topological polar surface area (TPSA) is 55.5 Å². The van der Waals surface area contributed by atoms with Crippen LogP contribution < -0.4 is 10.5 Å². The molecule has 1 aliphatic heterocycles. The van der Waals surface area contributed by atoms with Crippen LogP contribution in [-0.2, 0) is 6.42 Å². The van der Waals surface area contributed by atoms with Crippen molar-refractivity contribution in [2.75, 3.05) is 6.61 Å². The lowest BCUT2D eigenvalue weighted by atomic mass is 9.98. The second-order valence-electron chi connectivity index (χ2n) is 4.69. The highest BCUT2D eigenvalue weighted by molar-refractivity contribution is 5.42. The standard InChI is InChI=1S/C12H17NO2/c1-12(2)6-9-5-8(10(13)7-14)3-4-11(9)15-12/h3-5,10,14H,6-7,13H2,1-2H3/t10-/m0/s1. The minimum atomic E-state index is -0.293. The third kappa shape index (κ3) is 1.98. The molecule has 82 valence electrons. The van der Waals surface area contributed by atoms with Crippen LogP contribution in [-0.4, -0.2) is 17.3 Å². The van der Waals surface area contributed by atoms with Gasteiger partial charge in [0.15, 0.2) is 0 Å². The molecule has 1 atom stereocenters. The fourth-order valence-electron chi connectivity index (χ4n) is 1.97. The summed E-state index contributed by atoms with van der Waals surface area (Å²) in [6.07, 6.45) is 0.897. The van der Waals surface area contributed by atoms with Gasteiger partial charge in [0.2, 0.25) is 0 Å². The van der Waals surface area contributed by atoms with Crippen LogP contribution in [0.25, 0.3) is 0 Å². The van der Waals surface area contributed by atoms with Crippen molar-refractivity contribution in [1.82, 2.24) is 0 Å². The fraction of sp³-hybridized carbons (Fsp3) is 0.500. The van der Waals surface area contributed by atoms with Crippen LogP contribution in [0.4, 0.5) is 0 Å². The van der Waals surface area contributed by atoms with Gasteiger partial charge in [-0.1, -0.05) is 12.1 Å². The SMILES string of the molecule is CC1(C)Cc2cc([C@@H](N)CO)ccc2O1. The number of hydrogen-bond donors (Lipinski definition) is 2. The van der Waals surface area contributed by atoms with Crippen molar-refractivity contribution in [3.05, 3.63) is 29.3 Å². The molecule has 0 unspecified atom stereocenters. The van der Waals surface area contributed by atoms with Crippen LogP contribution in [0.15, 0.2) is 18.2 Å². The highest BCUT2D eigenvalue weighted by atomic mass is 16.5. The van der Waals surface area contributed by atoms with E-state index >= 15 is 0 Å². The molecule has 0 amide bonds. The summed E-state index contributed by atoms with van der Waals surface area (Å²) in [7, 11) is 0. The van der Waals surface area contributed by atoms with Gasteiger partial charge in [-0.2, -0.15) is 0 Å². The third-order valence-corrected chi connectivity index (χ3v) is 2.71. The second-order valence-corrected chi connectivity index (χ2v) is 4.69. The monoisotopic (exact) mass is 207 g/mol. The molecule has 1 aromatic carbocycles. The van der Waals surface area contributed by atoms with E-state index in [9.17, 15) is 0 Å². The molecule has 0 fully saturated rings. The molecule has 3 heteroatoms. The first-order valence-electron chi connectivity index (χ1n) is 5.20. The van der Waals surface area contributed by atoms with Gasteiger partial charge in [-0.05, 0) is 31.0 Å². The quantitative estimate of drug-likeness (QED) is 0.770. The van der Waals surface area contributed by atoms with Crippen molar-refractivity contribution in [2.24, 2.45) is 5.73 Å². The molecule has 1 aliphatic rings. The smallest absolute Gasteiger partial charge is 0.123 e. The Balaban J connectivity index is 2.30. The first-order chi connectivity index (χ1) is 7.02. The Hall–Kier alpha value is -1.06. The lowest BCUT2D eigenvalue weighted by Crippen LogP contribution is -2.24. The van der Waals surface area contributed by atoms with Crippen molar-refractivity contribution in [3.8, 4) is 5.75 Å². The second kappa shape index (κ2) is 3.51. The summed E-state index contributed by atoms with van der Waals surface area (Å²) in [5.41, 5.74) is 7.80. The number of fused-ring (bicyclic) bond motifs is 1. The highest BCUT2D eigenvalue weighted by Gasteiger charge is 2.30. The summed E-state index contributed by atoms with van der Waals surface area (Å²) >= 11 is 0. The van der Waals surface area contributed by atoms with Gasteiger partial charge in [-0.25, -0.2) is 0 Å². The van der Waals surface area contributed by atoms with Gasteiger partial charge < -0.3 is 15.6 Å². The van der Waals surface area contributed by atoms with Gasteiger partial charge in [0.05, 0.1) is 12.6 Å². The molecule has 3 nitrogen and oxygen atoms in total. The molecular formula is C12H17NO2. The van der Waals surface area contributed by atoms with Crippen LogP contribution in [0.2, 0.25) is 0 Å². The molecule has 0 aliphatic carbocycles. The van der Waals surface area contributed by atoms with E-state index in [0.717, 1.165) is 17.7 Å². The van der Waals surface area contributed by atoms with Crippen molar-refractivity contribution in [3.63, 3.8) is 0 Å². The Labute approximate surface area is 89.9 Å². The number of hydrogen-bond acceptors (Lipinski definition) is 3. The molecule has 0 saturated carbocycles. The van der Waals surface area contributed by atoms with E-state index in [4.69, 9.17) is 15.6 Å². The fourth-order valence-corrected chi connectivity index (χ4v) is 1.97. The van der Waals surface area contributed by atoms with Gasteiger partial charge in [-0.3, -0.25) is 0 Å². The third-order valence-electron chi connectivity index (χ3n) is 2.71. The van der Waals surface area contributed by atoms with Crippen molar-refractivity contribution in [2.45, 2.75) is 31.9 Å². The molecule has 1 heterocycles. The predicted molar refractivity (Wildman–Crippen MR) is 58.9 cm³/mol. The first kappa shape index (κ1) is 10.5. The maximum Gasteiger partial charge on any atom is 0.123 e. The maximum absolute atomic E-state index is 8.98. The van der Waals surface area contributed by atoms with E-state index in [1.165, 1.54) is 5.56 Å². The summed E-state index contributed by atoms with van der Waals surface area (Å²) in [5, 5.41) is 8.98. The average Bonchev–Trinajstić information content (AvgIpc) is 2.49. The van der Waals surface area contributed by atoms with Crippen LogP contribution in [0.3, 0.4) is 0 Å². The lowest BCUT2D eigenvalue weighted by molar-refractivity contribution is 0.138. The molecule has 0 saturated heterocycles. The van der Waals surface area contributed by atoms with E-state index in [1.807, 2.05) is 18.2 Å². The Morgan fingerprint density at radius 2 is 2.27 bits per heavy atom. The Morgan fingerprint density at radius 3 is 2.93 bits per heavy atom. The van der Waals surface area contributed by atoms with Crippen molar-refractivity contribution in [1.29, 1.82) is 0 Å². The molecule has 2 rings (SSSR count). The summed E-state index contributed by atoms with van der Waals surface area (Å²) in [5.74, 6) is 0.939. The van der Waals surface area contributed by atoms with E-state index in [1.54, 1.807) is 0 Å². The molecule has 0 radical (unpaired) electrons. The number of benzene rings is 1. The Kier molecular flexibility index (Phi) is 2.44. The normalized spacial score (nSPS) is 19.5. The minimum absolute atomic E-state index is 0.0248. The number of ether oxygens (including phenoxy) is 1. The van der Waals surface area contributed by atoms with Gasteiger partial charge in [-0.15, -0.1) is 0 Å². The Bertz CT molecular complexity index is 374. The number of rotatable bonds is 2. The first-order valence-corrected chi connectivity index (χ1v) is 5.20. The van der Waals surface area contributed by atoms with E-state index in [-0.39, 0.29) is 18.2 Å². The molecule has 0 bridgehead atoms. The van der Waals surface area contributed by atoms with E-state index in [2.05, 4.69) is 13.8 Å². The number of aliphatic hydroxyl groups is 1.